The van der Waals surface area contributed by atoms with Crippen molar-refractivity contribution in [3.63, 3.8) is 0 Å². The SMILES string of the molecule is Br.NC(=O)c1nnc2n1CC(Br)C(Br)Cc1cc(O)cc(O)c1-2. The second-order valence-corrected chi connectivity index (χ2v) is 7.41. The number of alkyl halides is 2. The molecule has 1 aliphatic heterocycles. The van der Waals surface area contributed by atoms with Crippen LogP contribution in [0.3, 0.4) is 0 Å². The number of aromatic nitrogens is 3. The molecule has 0 radical (unpaired) electrons. The van der Waals surface area contributed by atoms with Crippen molar-refractivity contribution in [1.29, 1.82) is 0 Å². The Morgan fingerprint density at radius 3 is 2.61 bits per heavy atom. The molecule has 4 N–H and O–H groups in total. The highest BCUT2D eigenvalue weighted by Gasteiger charge is 2.30. The maximum atomic E-state index is 11.5. The monoisotopic (exact) mass is 510 g/mol. The summed E-state index contributed by atoms with van der Waals surface area (Å²) in [5.41, 5.74) is 6.49. The van der Waals surface area contributed by atoms with Crippen molar-refractivity contribution in [1.82, 2.24) is 14.8 Å². The summed E-state index contributed by atoms with van der Waals surface area (Å²) in [6, 6.07) is 2.80. The van der Waals surface area contributed by atoms with Crippen LogP contribution in [-0.4, -0.2) is 40.5 Å². The lowest BCUT2D eigenvalue weighted by Crippen LogP contribution is -2.28. The summed E-state index contributed by atoms with van der Waals surface area (Å²) < 4.78 is 1.57. The standard InChI is InChI=1S/C13H12Br2N4O3.BrH/c14-7-2-5-1-6(20)3-9(21)10(5)12-17-18-13(11(16)22)19(12)4-8(7)15;/h1,3,7-8,20-21H,2,4H2,(H2,16,22);1H. The number of carbonyl (C=O) groups excluding carboxylic acids is 1. The minimum Gasteiger partial charge on any atom is -0.508 e. The van der Waals surface area contributed by atoms with E-state index in [0.29, 0.717) is 29.9 Å². The number of hydrogen-bond donors (Lipinski definition) is 3. The number of benzene rings is 1. The van der Waals surface area contributed by atoms with Gasteiger partial charge < -0.3 is 20.5 Å². The molecule has 1 aliphatic rings. The molecule has 0 aliphatic carbocycles. The molecule has 2 atom stereocenters. The molecule has 0 saturated carbocycles. The van der Waals surface area contributed by atoms with Crippen molar-refractivity contribution in [2.24, 2.45) is 5.73 Å². The maximum absolute atomic E-state index is 11.5. The molecule has 1 aromatic carbocycles. The second-order valence-electron chi connectivity index (χ2n) is 5.06. The van der Waals surface area contributed by atoms with Crippen LogP contribution in [0.4, 0.5) is 0 Å². The van der Waals surface area contributed by atoms with Crippen LogP contribution < -0.4 is 5.73 Å². The summed E-state index contributed by atoms with van der Waals surface area (Å²) in [5.74, 6) is -0.467. The minimum absolute atomic E-state index is 0. The third-order valence-electron chi connectivity index (χ3n) is 3.54. The molecule has 23 heavy (non-hydrogen) atoms. The first-order valence-corrected chi connectivity index (χ1v) is 8.28. The third-order valence-corrected chi connectivity index (χ3v) is 6.14. The molecule has 2 heterocycles. The molecular weight excluding hydrogens is 500 g/mol. The molecule has 7 nitrogen and oxygen atoms in total. The number of hydrogen-bond acceptors (Lipinski definition) is 5. The highest BCUT2D eigenvalue weighted by Crippen LogP contribution is 2.39. The topological polar surface area (TPSA) is 114 Å². The van der Waals surface area contributed by atoms with Crippen LogP contribution >= 0.6 is 48.8 Å². The first kappa shape index (κ1) is 18.2. The summed E-state index contributed by atoms with van der Waals surface area (Å²) in [6.07, 6.45) is 0.561. The van der Waals surface area contributed by atoms with E-state index in [2.05, 4.69) is 42.1 Å². The number of phenolic OH excluding ortho intramolecular Hbond substituents is 2. The molecule has 124 valence electrons. The van der Waals surface area contributed by atoms with Gasteiger partial charge in [0.2, 0.25) is 5.82 Å². The van der Waals surface area contributed by atoms with Crippen LogP contribution in [0, 0.1) is 0 Å². The van der Waals surface area contributed by atoms with E-state index in [1.54, 1.807) is 10.6 Å². The molecule has 10 heteroatoms. The number of amides is 1. The highest BCUT2D eigenvalue weighted by atomic mass is 79.9. The Balaban J connectivity index is 0.00000192. The van der Waals surface area contributed by atoms with Crippen molar-refractivity contribution < 1.29 is 15.0 Å². The Kier molecular flexibility index (Phi) is 5.37. The van der Waals surface area contributed by atoms with Gasteiger partial charge in [-0.3, -0.25) is 4.79 Å². The molecule has 0 saturated heterocycles. The number of rotatable bonds is 1. The first-order valence-electron chi connectivity index (χ1n) is 6.45. The van der Waals surface area contributed by atoms with Gasteiger partial charge in [0.1, 0.15) is 11.5 Å². The van der Waals surface area contributed by atoms with Crippen LogP contribution in [0.25, 0.3) is 11.4 Å². The number of nitrogens with two attached hydrogens (primary N) is 1. The van der Waals surface area contributed by atoms with Gasteiger partial charge in [-0.2, -0.15) is 0 Å². The Hall–Kier alpha value is -1.13. The summed E-state index contributed by atoms with van der Waals surface area (Å²) in [6.45, 7) is 0.413. The number of fused-ring (bicyclic) bond motifs is 3. The number of carbonyl (C=O) groups is 1. The number of phenols is 2. The largest absolute Gasteiger partial charge is 0.508 e. The fourth-order valence-electron chi connectivity index (χ4n) is 2.56. The smallest absolute Gasteiger partial charge is 0.286 e. The zero-order valence-electron chi connectivity index (χ0n) is 11.6. The van der Waals surface area contributed by atoms with E-state index in [1.165, 1.54) is 6.07 Å². The van der Waals surface area contributed by atoms with E-state index in [-0.39, 0.29) is 44.0 Å². The summed E-state index contributed by atoms with van der Waals surface area (Å²) in [7, 11) is 0. The van der Waals surface area contributed by atoms with E-state index >= 15 is 0 Å². The fourth-order valence-corrected chi connectivity index (χ4v) is 3.55. The van der Waals surface area contributed by atoms with E-state index in [0.717, 1.165) is 0 Å². The Morgan fingerprint density at radius 2 is 1.96 bits per heavy atom. The van der Waals surface area contributed by atoms with Crippen molar-refractivity contribution >= 4 is 54.7 Å². The zero-order valence-corrected chi connectivity index (χ0v) is 16.5. The molecule has 0 spiro atoms. The van der Waals surface area contributed by atoms with E-state index in [1.807, 2.05) is 0 Å². The van der Waals surface area contributed by atoms with Gasteiger partial charge in [-0.25, -0.2) is 0 Å². The molecule has 0 fully saturated rings. The molecule has 2 aromatic rings. The molecule has 3 rings (SSSR count). The number of primary amides is 1. The van der Waals surface area contributed by atoms with Gasteiger partial charge in [0.05, 0.1) is 5.56 Å². The summed E-state index contributed by atoms with van der Waals surface area (Å²) >= 11 is 7.14. The molecule has 2 unspecified atom stereocenters. The predicted molar refractivity (Wildman–Crippen MR) is 96.8 cm³/mol. The van der Waals surface area contributed by atoms with Gasteiger partial charge in [0.15, 0.2) is 5.82 Å². The first-order chi connectivity index (χ1) is 10.4. The minimum atomic E-state index is -0.690. The normalized spacial score (nSPS) is 19.7. The molecule has 1 aromatic heterocycles. The predicted octanol–water partition coefficient (Wildman–Crippen LogP) is 2.12. The second kappa shape index (κ2) is 6.78. The van der Waals surface area contributed by atoms with Crippen LogP contribution in [-0.2, 0) is 13.0 Å². The van der Waals surface area contributed by atoms with Crippen LogP contribution in [0.15, 0.2) is 12.1 Å². The average Bonchev–Trinajstić information content (AvgIpc) is 2.80. The number of aromatic hydroxyl groups is 2. The van der Waals surface area contributed by atoms with Crippen LogP contribution in [0.1, 0.15) is 16.2 Å². The maximum Gasteiger partial charge on any atom is 0.286 e. The number of halogens is 3. The van der Waals surface area contributed by atoms with Gasteiger partial charge in [-0.05, 0) is 18.1 Å². The summed E-state index contributed by atoms with van der Waals surface area (Å²) in [5, 5.41) is 27.8. The Morgan fingerprint density at radius 1 is 1.26 bits per heavy atom. The Labute approximate surface area is 158 Å². The lowest BCUT2D eigenvalue weighted by atomic mass is 9.98. The molecular formula is C13H13Br3N4O3. The van der Waals surface area contributed by atoms with E-state index < -0.39 is 5.91 Å². The number of nitrogens with zero attached hydrogens (tertiary/aromatic N) is 3. The lowest BCUT2D eigenvalue weighted by molar-refractivity contribution is 0.0986. The van der Waals surface area contributed by atoms with Gasteiger partial charge >= 0.3 is 0 Å². The van der Waals surface area contributed by atoms with Crippen molar-refractivity contribution in [2.75, 3.05) is 0 Å². The van der Waals surface area contributed by atoms with Crippen LogP contribution in [0.5, 0.6) is 11.5 Å². The molecule has 1 amide bonds. The van der Waals surface area contributed by atoms with E-state index in [9.17, 15) is 15.0 Å². The van der Waals surface area contributed by atoms with Gasteiger partial charge in [0, 0.05) is 22.3 Å². The van der Waals surface area contributed by atoms with Crippen LogP contribution in [0.2, 0.25) is 0 Å². The average molecular weight is 513 g/mol. The van der Waals surface area contributed by atoms with Gasteiger partial charge in [-0.15, -0.1) is 27.2 Å². The Bertz CT molecular complexity index is 765. The van der Waals surface area contributed by atoms with Gasteiger partial charge in [0.25, 0.3) is 5.91 Å². The van der Waals surface area contributed by atoms with Crippen molar-refractivity contribution in [2.45, 2.75) is 22.6 Å². The fraction of sp³-hybridized carbons (Fsp3) is 0.308. The molecule has 0 bridgehead atoms. The zero-order chi connectivity index (χ0) is 16.0. The third kappa shape index (κ3) is 3.24. The van der Waals surface area contributed by atoms with Crippen molar-refractivity contribution in [3.05, 3.63) is 23.5 Å². The van der Waals surface area contributed by atoms with Crippen molar-refractivity contribution in [3.8, 4) is 22.9 Å². The highest BCUT2D eigenvalue weighted by molar-refractivity contribution is 9.12. The van der Waals surface area contributed by atoms with Gasteiger partial charge in [-0.1, -0.05) is 31.9 Å². The summed E-state index contributed by atoms with van der Waals surface area (Å²) in [4.78, 5) is 11.5. The quantitative estimate of drug-likeness (QED) is 0.506. The van der Waals surface area contributed by atoms with E-state index in [4.69, 9.17) is 5.73 Å². The lowest BCUT2D eigenvalue weighted by Gasteiger charge is -2.24.